The van der Waals surface area contributed by atoms with Gasteiger partial charge in [0, 0.05) is 33.5 Å². The van der Waals surface area contributed by atoms with E-state index in [1.54, 1.807) is 43.6 Å². The lowest BCUT2D eigenvalue weighted by Crippen LogP contribution is -2.08. The number of fused-ring (bicyclic) bond motifs is 1. The molecule has 0 bridgehead atoms. The third-order valence-corrected chi connectivity index (χ3v) is 5.81. The molecule has 7 nitrogen and oxygen atoms in total. The standard InChI is InChI=1S/C20H23ClN3O4Si/c1-13-10-14(4-5-16(13)23-20(25)26)28-17-6-7-22-19-18(17)15(21)11-24(19)12-27-8-9-29(2)3/h4-7,10-11,23H,8-9,12H2,1-3H3,(H,25,26). The number of hydrogen-bond acceptors (Lipinski definition) is 4. The van der Waals surface area contributed by atoms with Gasteiger partial charge in [0.1, 0.15) is 23.9 Å². The van der Waals surface area contributed by atoms with Crippen molar-refractivity contribution in [3.05, 3.63) is 47.2 Å². The second-order valence-electron chi connectivity index (χ2n) is 6.96. The summed E-state index contributed by atoms with van der Waals surface area (Å²) in [5.74, 6) is 1.15. The number of hydrogen-bond donors (Lipinski definition) is 2. The Bertz CT molecular complexity index is 1020. The number of nitrogens with one attached hydrogen (secondary N) is 1. The van der Waals surface area contributed by atoms with Gasteiger partial charge in [-0.2, -0.15) is 0 Å². The zero-order valence-electron chi connectivity index (χ0n) is 16.5. The Balaban J connectivity index is 1.81. The third kappa shape index (κ3) is 5.29. The Hall–Kier alpha value is -2.55. The summed E-state index contributed by atoms with van der Waals surface area (Å²) in [7, 11) is -0.312. The van der Waals surface area contributed by atoms with Crippen LogP contribution < -0.4 is 10.1 Å². The molecule has 153 valence electrons. The molecule has 0 saturated carbocycles. The minimum atomic E-state index is -1.11. The number of ether oxygens (including phenoxy) is 2. The van der Waals surface area contributed by atoms with Crippen molar-refractivity contribution < 1.29 is 19.4 Å². The zero-order valence-corrected chi connectivity index (χ0v) is 18.3. The molecule has 0 fully saturated rings. The average molecular weight is 433 g/mol. The van der Waals surface area contributed by atoms with Gasteiger partial charge in [-0.25, -0.2) is 9.78 Å². The maximum absolute atomic E-state index is 10.8. The van der Waals surface area contributed by atoms with Crippen LogP contribution in [0, 0.1) is 6.92 Å². The van der Waals surface area contributed by atoms with Gasteiger partial charge in [0.05, 0.1) is 10.4 Å². The molecule has 2 heterocycles. The van der Waals surface area contributed by atoms with Crippen LogP contribution in [-0.2, 0) is 11.5 Å². The molecule has 9 heteroatoms. The molecule has 0 aliphatic heterocycles. The summed E-state index contributed by atoms with van der Waals surface area (Å²) in [6.07, 6.45) is 2.35. The van der Waals surface area contributed by atoms with Gasteiger partial charge >= 0.3 is 6.09 Å². The number of pyridine rings is 1. The van der Waals surface area contributed by atoms with Crippen LogP contribution in [0.25, 0.3) is 11.0 Å². The fourth-order valence-electron chi connectivity index (χ4n) is 2.84. The minimum absolute atomic E-state index is 0.312. The number of aromatic nitrogens is 2. The summed E-state index contributed by atoms with van der Waals surface area (Å²) in [5.41, 5.74) is 1.95. The molecule has 0 atom stereocenters. The largest absolute Gasteiger partial charge is 0.465 e. The Morgan fingerprint density at radius 2 is 2.14 bits per heavy atom. The molecule has 1 radical (unpaired) electrons. The van der Waals surface area contributed by atoms with E-state index < -0.39 is 6.09 Å². The molecule has 0 aliphatic rings. The van der Waals surface area contributed by atoms with Crippen molar-refractivity contribution in [2.75, 3.05) is 11.9 Å². The van der Waals surface area contributed by atoms with E-state index in [0.717, 1.165) is 11.6 Å². The zero-order chi connectivity index (χ0) is 21.0. The van der Waals surface area contributed by atoms with Gasteiger partial charge in [-0.1, -0.05) is 24.7 Å². The van der Waals surface area contributed by atoms with Crippen LogP contribution in [0.3, 0.4) is 0 Å². The summed E-state index contributed by atoms with van der Waals surface area (Å²) < 4.78 is 13.7. The lowest BCUT2D eigenvalue weighted by atomic mass is 10.2. The van der Waals surface area contributed by atoms with Crippen molar-refractivity contribution in [2.45, 2.75) is 32.8 Å². The first kappa shape index (κ1) is 21.2. The average Bonchev–Trinajstić information content (AvgIpc) is 2.97. The van der Waals surface area contributed by atoms with Gasteiger partial charge in [0.25, 0.3) is 0 Å². The van der Waals surface area contributed by atoms with Crippen molar-refractivity contribution >= 4 is 43.2 Å². The van der Waals surface area contributed by atoms with E-state index in [2.05, 4.69) is 23.4 Å². The number of carbonyl (C=O) groups is 1. The first-order valence-electron chi connectivity index (χ1n) is 9.13. The highest BCUT2D eigenvalue weighted by Crippen LogP contribution is 2.36. The molecular formula is C20H23ClN3O4Si. The van der Waals surface area contributed by atoms with E-state index >= 15 is 0 Å². The Kier molecular flexibility index (Phi) is 6.78. The van der Waals surface area contributed by atoms with Crippen LogP contribution >= 0.6 is 11.6 Å². The van der Waals surface area contributed by atoms with E-state index in [1.807, 2.05) is 4.57 Å². The molecule has 0 aliphatic carbocycles. The van der Waals surface area contributed by atoms with Crippen LogP contribution in [0.2, 0.25) is 24.2 Å². The summed E-state index contributed by atoms with van der Waals surface area (Å²) >= 11 is 6.46. The van der Waals surface area contributed by atoms with Gasteiger partial charge < -0.3 is 19.1 Å². The minimum Gasteiger partial charge on any atom is -0.465 e. The number of carboxylic acid groups (broad SMARTS) is 1. The van der Waals surface area contributed by atoms with E-state index in [1.165, 1.54) is 0 Å². The van der Waals surface area contributed by atoms with Gasteiger partial charge in [-0.05, 0) is 42.8 Å². The molecule has 3 aromatic rings. The monoisotopic (exact) mass is 432 g/mol. The van der Waals surface area contributed by atoms with Crippen molar-refractivity contribution in [3.8, 4) is 11.5 Å². The molecule has 0 saturated heterocycles. The highest BCUT2D eigenvalue weighted by molar-refractivity contribution is 6.55. The molecule has 1 amide bonds. The van der Waals surface area contributed by atoms with Crippen molar-refractivity contribution in [2.24, 2.45) is 0 Å². The van der Waals surface area contributed by atoms with E-state index in [4.69, 9.17) is 26.2 Å². The number of aryl methyl sites for hydroxylation is 1. The van der Waals surface area contributed by atoms with Gasteiger partial charge in [-0.15, -0.1) is 0 Å². The van der Waals surface area contributed by atoms with Crippen LogP contribution in [0.1, 0.15) is 5.56 Å². The topological polar surface area (TPSA) is 85.6 Å². The number of rotatable bonds is 8. The third-order valence-electron chi connectivity index (χ3n) is 4.32. The molecule has 0 spiro atoms. The van der Waals surface area contributed by atoms with Crippen LogP contribution in [0.5, 0.6) is 11.5 Å². The van der Waals surface area contributed by atoms with Crippen molar-refractivity contribution in [1.29, 1.82) is 0 Å². The van der Waals surface area contributed by atoms with Gasteiger partial charge in [-0.3, -0.25) is 5.32 Å². The highest BCUT2D eigenvalue weighted by Gasteiger charge is 2.15. The molecule has 2 N–H and O–H groups in total. The lowest BCUT2D eigenvalue weighted by molar-refractivity contribution is 0.0902. The fourth-order valence-corrected chi connectivity index (χ4v) is 3.69. The quantitative estimate of drug-likeness (QED) is 0.357. The van der Waals surface area contributed by atoms with E-state index in [9.17, 15) is 4.79 Å². The van der Waals surface area contributed by atoms with Crippen LogP contribution in [0.15, 0.2) is 36.7 Å². The molecule has 29 heavy (non-hydrogen) atoms. The second kappa shape index (κ2) is 9.30. The number of halogens is 1. The maximum Gasteiger partial charge on any atom is 0.409 e. The van der Waals surface area contributed by atoms with Crippen molar-refractivity contribution in [1.82, 2.24) is 9.55 Å². The predicted octanol–water partition coefficient (Wildman–Crippen LogP) is 5.61. The smallest absolute Gasteiger partial charge is 0.409 e. The molecule has 1 aromatic carbocycles. The summed E-state index contributed by atoms with van der Waals surface area (Å²) in [4.78, 5) is 15.3. The maximum atomic E-state index is 10.8. The molecule has 2 aromatic heterocycles. The number of nitrogens with zero attached hydrogens (tertiary/aromatic N) is 2. The number of anilines is 1. The Labute approximate surface area is 175 Å². The summed E-state index contributed by atoms with van der Waals surface area (Å²) in [6.45, 7) is 7.41. The first-order valence-corrected chi connectivity index (χ1v) is 12.2. The molecule has 3 rings (SSSR count). The number of amides is 1. The van der Waals surface area contributed by atoms with Gasteiger partial charge in [0.2, 0.25) is 0 Å². The van der Waals surface area contributed by atoms with E-state index in [0.29, 0.717) is 46.6 Å². The number of benzene rings is 1. The molecular weight excluding hydrogens is 410 g/mol. The normalized spacial score (nSPS) is 11.2. The van der Waals surface area contributed by atoms with Gasteiger partial charge in [0.15, 0.2) is 0 Å². The van der Waals surface area contributed by atoms with Crippen molar-refractivity contribution in [3.63, 3.8) is 0 Å². The first-order chi connectivity index (χ1) is 13.8. The van der Waals surface area contributed by atoms with Crippen LogP contribution in [-0.4, -0.2) is 36.2 Å². The summed E-state index contributed by atoms with van der Waals surface area (Å²) in [5, 5.41) is 12.5. The molecule has 0 unspecified atom stereocenters. The fraction of sp³-hybridized carbons (Fsp3) is 0.300. The lowest BCUT2D eigenvalue weighted by Gasteiger charge is -2.11. The Morgan fingerprint density at radius 3 is 2.83 bits per heavy atom. The summed E-state index contributed by atoms with van der Waals surface area (Å²) in [6, 6.07) is 7.97. The van der Waals surface area contributed by atoms with Crippen LogP contribution in [0.4, 0.5) is 10.5 Å². The highest BCUT2D eigenvalue weighted by atomic mass is 35.5. The predicted molar refractivity (Wildman–Crippen MR) is 116 cm³/mol. The van der Waals surface area contributed by atoms with E-state index in [-0.39, 0.29) is 8.80 Å². The second-order valence-corrected chi connectivity index (χ2v) is 10.3. The SMILES string of the molecule is Cc1cc(Oc2ccnc3c2c(Cl)cn3COCC[Si](C)C)ccc1NC(=O)O. The Morgan fingerprint density at radius 1 is 1.34 bits per heavy atom.